The van der Waals surface area contributed by atoms with E-state index in [0.29, 0.717) is 12.8 Å². The minimum Gasteiger partial charge on any atom is -0.370 e. The summed E-state index contributed by atoms with van der Waals surface area (Å²) < 4.78 is 14.8. The van der Waals surface area contributed by atoms with Gasteiger partial charge in [-0.3, -0.25) is 14.6 Å². The lowest BCUT2D eigenvalue weighted by atomic mass is 9.95. The van der Waals surface area contributed by atoms with Crippen molar-refractivity contribution in [1.82, 2.24) is 0 Å². The van der Waals surface area contributed by atoms with E-state index >= 15 is 0 Å². The maximum absolute atomic E-state index is 11.6. The van der Waals surface area contributed by atoms with Crippen molar-refractivity contribution in [2.75, 3.05) is 0 Å². The summed E-state index contributed by atoms with van der Waals surface area (Å²) in [6.07, 6.45) is 7.30. The first-order chi connectivity index (χ1) is 8.40. The van der Waals surface area contributed by atoms with Gasteiger partial charge in [0.05, 0.1) is 5.92 Å². The SMILES string of the molecule is CCCCCCC(CCCC)C(=O)OP(=O)(O)O. The summed E-state index contributed by atoms with van der Waals surface area (Å²) in [4.78, 5) is 28.9. The van der Waals surface area contributed by atoms with Gasteiger partial charge in [-0.1, -0.05) is 52.4 Å². The molecule has 0 fully saturated rings. The van der Waals surface area contributed by atoms with Crippen LogP contribution in [0.3, 0.4) is 0 Å². The molecule has 1 unspecified atom stereocenters. The molecule has 0 saturated heterocycles. The largest absolute Gasteiger partial charge is 0.526 e. The minimum atomic E-state index is -4.70. The predicted molar refractivity (Wildman–Crippen MR) is 69.9 cm³/mol. The smallest absolute Gasteiger partial charge is 0.370 e. The molecular weight excluding hydrogens is 255 g/mol. The van der Waals surface area contributed by atoms with Gasteiger partial charge in [0.1, 0.15) is 0 Å². The number of phosphoric acid groups is 1. The molecule has 0 heterocycles. The topological polar surface area (TPSA) is 83.8 Å². The van der Waals surface area contributed by atoms with Gasteiger partial charge in [0.2, 0.25) is 0 Å². The third-order valence-electron chi connectivity index (χ3n) is 2.85. The van der Waals surface area contributed by atoms with Crippen LogP contribution in [-0.4, -0.2) is 15.8 Å². The highest BCUT2D eigenvalue weighted by Gasteiger charge is 2.26. The first-order valence-electron chi connectivity index (χ1n) is 6.69. The van der Waals surface area contributed by atoms with Crippen LogP contribution >= 0.6 is 7.82 Å². The van der Waals surface area contributed by atoms with Gasteiger partial charge >= 0.3 is 13.8 Å². The second kappa shape index (κ2) is 9.54. The lowest BCUT2D eigenvalue weighted by molar-refractivity contribution is -0.140. The quantitative estimate of drug-likeness (QED) is 0.473. The van der Waals surface area contributed by atoms with E-state index in [4.69, 9.17) is 9.79 Å². The van der Waals surface area contributed by atoms with Crippen LogP contribution in [0.4, 0.5) is 0 Å². The van der Waals surface area contributed by atoms with E-state index in [1.807, 2.05) is 6.92 Å². The summed E-state index contributed by atoms with van der Waals surface area (Å²) in [6.45, 7) is 4.12. The highest BCUT2D eigenvalue weighted by atomic mass is 31.2. The molecule has 0 aromatic carbocycles. The summed E-state index contributed by atoms with van der Waals surface area (Å²) in [5.41, 5.74) is 0. The van der Waals surface area contributed by atoms with Gasteiger partial charge in [-0.05, 0) is 12.8 Å². The van der Waals surface area contributed by atoms with Gasteiger partial charge in [-0.15, -0.1) is 0 Å². The number of rotatable bonds is 10. The van der Waals surface area contributed by atoms with Crippen LogP contribution in [0, 0.1) is 5.92 Å². The molecular formula is C12H25O5P. The molecule has 0 bridgehead atoms. The summed E-state index contributed by atoms with van der Waals surface area (Å²) in [5, 5.41) is 0. The number of carbonyl (C=O) groups is 1. The summed E-state index contributed by atoms with van der Waals surface area (Å²) in [7, 11) is -4.70. The predicted octanol–water partition coefficient (Wildman–Crippen LogP) is 3.40. The molecule has 1 atom stereocenters. The maximum Gasteiger partial charge on any atom is 0.526 e. The standard InChI is InChI=1S/C12H25O5P/c1-3-5-7-8-10-11(9-6-4-2)12(13)17-18(14,15)16/h11H,3-10H2,1-2H3,(H2,14,15,16). The lowest BCUT2D eigenvalue weighted by Gasteiger charge is -2.15. The third-order valence-corrected chi connectivity index (χ3v) is 3.27. The Morgan fingerprint density at radius 2 is 1.61 bits per heavy atom. The van der Waals surface area contributed by atoms with Crippen LogP contribution in [0.15, 0.2) is 0 Å². The number of phosphoric ester groups is 1. The summed E-state index contributed by atoms with van der Waals surface area (Å²) in [6, 6.07) is 0. The van der Waals surface area contributed by atoms with E-state index in [0.717, 1.165) is 38.5 Å². The van der Waals surface area contributed by atoms with E-state index in [-0.39, 0.29) is 5.92 Å². The highest BCUT2D eigenvalue weighted by molar-refractivity contribution is 7.46. The number of unbranched alkanes of at least 4 members (excludes halogenated alkanes) is 4. The fraction of sp³-hybridized carbons (Fsp3) is 0.917. The highest BCUT2D eigenvalue weighted by Crippen LogP contribution is 2.38. The zero-order valence-electron chi connectivity index (χ0n) is 11.3. The lowest BCUT2D eigenvalue weighted by Crippen LogP contribution is -2.17. The van der Waals surface area contributed by atoms with E-state index in [1.165, 1.54) is 0 Å². The average Bonchev–Trinajstić information content (AvgIpc) is 2.25. The van der Waals surface area contributed by atoms with Crippen LogP contribution in [-0.2, 0) is 13.9 Å². The number of hydrogen-bond acceptors (Lipinski definition) is 3. The van der Waals surface area contributed by atoms with Crippen molar-refractivity contribution < 1.29 is 23.7 Å². The molecule has 0 saturated carbocycles. The maximum atomic E-state index is 11.6. The number of carbonyl (C=O) groups excluding carboxylic acids is 1. The first kappa shape index (κ1) is 17.6. The van der Waals surface area contributed by atoms with Gasteiger partial charge in [0.15, 0.2) is 0 Å². The molecule has 0 rings (SSSR count). The van der Waals surface area contributed by atoms with Crippen LogP contribution in [0.2, 0.25) is 0 Å². The Bertz CT molecular complexity index is 274. The zero-order valence-corrected chi connectivity index (χ0v) is 12.2. The molecule has 0 aliphatic carbocycles. The molecule has 0 amide bonds. The Morgan fingerprint density at radius 3 is 2.11 bits per heavy atom. The Hall–Kier alpha value is -0.380. The normalized spacial score (nSPS) is 13.3. The van der Waals surface area contributed by atoms with Crippen LogP contribution in [0.1, 0.15) is 65.2 Å². The molecule has 108 valence electrons. The van der Waals surface area contributed by atoms with Crippen molar-refractivity contribution in [3.8, 4) is 0 Å². The second-order valence-corrected chi connectivity index (χ2v) is 5.75. The van der Waals surface area contributed by atoms with Gasteiger partial charge in [0.25, 0.3) is 0 Å². The van der Waals surface area contributed by atoms with E-state index < -0.39 is 13.8 Å². The van der Waals surface area contributed by atoms with Gasteiger partial charge < -0.3 is 4.52 Å². The fourth-order valence-electron chi connectivity index (χ4n) is 1.84. The molecule has 2 N–H and O–H groups in total. The van der Waals surface area contributed by atoms with Gasteiger partial charge in [0, 0.05) is 0 Å². The molecule has 6 heteroatoms. The zero-order chi connectivity index (χ0) is 14.0. The molecule has 0 aromatic rings. The van der Waals surface area contributed by atoms with E-state index in [9.17, 15) is 9.36 Å². The Kier molecular flexibility index (Phi) is 9.34. The van der Waals surface area contributed by atoms with Gasteiger partial charge in [-0.25, -0.2) is 4.57 Å². The van der Waals surface area contributed by atoms with Crippen LogP contribution in [0.5, 0.6) is 0 Å². The molecule has 0 aromatic heterocycles. The summed E-state index contributed by atoms with van der Waals surface area (Å²) >= 11 is 0. The fourth-order valence-corrected chi connectivity index (χ4v) is 2.22. The summed E-state index contributed by atoms with van der Waals surface area (Å²) in [5.74, 6) is -1.14. The van der Waals surface area contributed by atoms with Crippen molar-refractivity contribution in [3.05, 3.63) is 0 Å². The van der Waals surface area contributed by atoms with Crippen molar-refractivity contribution in [2.45, 2.75) is 65.2 Å². The molecule has 0 radical (unpaired) electrons. The molecule has 0 spiro atoms. The number of hydrogen-bond donors (Lipinski definition) is 2. The second-order valence-electron chi connectivity index (χ2n) is 4.59. The van der Waals surface area contributed by atoms with Crippen LogP contribution in [0.25, 0.3) is 0 Å². The van der Waals surface area contributed by atoms with Crippen LogP contribution < -0.4 is 0 Å². The first-order valence-corrected chi connectivity index (χ1v) is 8.22. The molecule has 0 aliphatic heterocycles. The molecule has 5 nitrogen and oxygen atoms in total. The minimum absolute atomic E-state index is 0.380. The van der Waals surface area contributed by atoms with Crippen molar-refractivity contribution in [1.29, 1.82) is 0 Å². The van der Waals surface area contributed by atoms with E-state index in [1.54, 1.807) is 0 Å². The average molecular weight is 280 g/mol. The molecule has 18 heavy (non-hydrogen) atoms. The monoisotopic (exact) mass is 280 g/mol. The molecule has 0 aliphatic rings. The Labute approximate surface area is 109 Å². The van der Waals surface area contributed by atoms with Gasteiger partial charge in [-0.2, -0.15) is 0 Å². The Morgan fingerprint density at radius 1 is 1.06 bits per heavy atom. The third kappa shape index (κ3) is 9.63. The van der Waals surface area contributed by atoms with Crippen molar-refractivity contribution >= 4 is 13.8 Å². The van der Waals surface area contributed by atoms with Crippen molar-refractivity contribution in [2.24, 2.45) is 5.92 Å². The Balaban J connectivity index is 4.19. The van der Waals surface area contributed by atoms with Crippen molar-refractivity contribution in [3.63, 3.8) is 0 Å². The van der Waals surface area contributed by atoms with E-state index in [2.05, 4.69) is 11.4 Å².